The molecule has 6 nitrogen and oxygen atoms in total. The van der Waals surface area contributed by atoms with Gasteiger partial charge in [0.2, 0.25) is 5.91 Å². The molecule has 0 aliphatic carbocycles. The first kappa shape index (κ1) is 19.2. The van der Waals surface area contributed by atoms with Crippen LogP contribution in [0.3, 0.4) is 0 Å². The Hall–Kier alpha value is -3.80. The van der Waals surface area contributed by atoms with Crippen LogP contribution in [-0.2, 0) is 11.2 Å². The fourth-order valence-electron chi connectivity index (χ4n) is 4.03. The van der Waals surface area contributed by atoms with Crippen molar-refractivity contribution in [2.45, 2.75) is 19.8 Å². The molecule has 2 heterocycles. The average Bonchev–Trinajstić information content (AvgIpc) is 3.13. The van der Waals surface area contributed by atoms with E-state index in [0.29, 0.717) is 31.8 Å². The van der Waals surface area contributed by atoms with E-state index < -0.39 is 0 Å². The maximum Gasteiger partial charge on any atom is 0.287 e. The molecule has 1 aliphatic heterocycles. The molecule has 3 aromatic carbocycles. The first-order valence-corrected chi connectivity index (χ1v) is 10.3. The van der Waals surface area contributed by atoms with Gasteiger partial charge in [-0.3, -0.25) is 9.59 Å². The molecule has 0 atom stereocenters. The van der Waals surface area contributed by atoms with Gasteiger partial charge in [0.15, 0.2) is 5.76 Å². The Morgan fingerprint density at radius 1 is 1.10 bits per heavy atom. The average molecular weight is 414 g/mol. The zero-order valence-electron chi connectivity index (χ0n) is 17.2. The van der Waals surface area contributed by atoms with Crippen molar-refractivity contribution in [1.29, 1.82) is 0 Å². The highest BCUT2D eigenvalue weighted by Crippen LogP contribution is 2.31. The molecule has 1 aromatic heterocycles. The van der Waals surface area contributed by atoms with Crippen molar-refractivity contribution >= 4 is 39.2 Å². The molecule has 0 spiro atoms. The van der Waals surface area contributed by atoms with E-state index in [0.717, 1.165) is 44.3 Å². The lowest BCUT2D eigenvalue weighted by Gasteiger charge is -2.17. The predicted molar refractivity (Wildman–Crippen MR) is 120 cm³/mol. The van der Waals surface area contributed by atoms with Crippen LogP contribution in [0, 0.1) is 6.92 Å². The van der Waals surface area contributed by atoms with E-state index in [2.05, 4.69) is 10.6 Å². The maximum atomic E-state index is 12.7. The lowest BCUT2D eigenvalue weighted by molar-refractivity contribution is -0.116. The van der Waals surface area contributed by atoms with Crippen molar-refractivity contribution < 1.29 is 18.7 Å². The van der Waals surface area contributed by atoms with Crippen LogP contribution in [0.25, 0.3) is 21.7 Å². The largest absolute Gasteiger partial charge is 0.492 e. The van der Waals surface area contributed by atoms with Crippen molar-refractivity contribution in [3.63, 3.8) is 0 Å². The van der Waals surface area contributed by atoms with Gasteiger partial charge in [0, 0.05) is 28.4 Å². The van der Waals surface area contributed by atoms with Crippen molar-refractivity contribution in [3.05, 3.63) is 71.5 Å². The van der Waals surface area contributed by atoms with Gasteiger partial charge in [-0.25, -0.2) is 0 Å². The molecule has 6 heteroatoms. The third kappa shape index (κ3) is 3.61. The molecule has 0 saturated carbocycles. The third-order valence-corrected chi connectivity index (χ3v) is 5.66. The van der Waals surface area contributed by atoms with Crippen LogP contribution in [-0.4, -0.2) is 25.0 Å². The Morgan fingerprint density at radius 3 is 2.87 bits per heavy atom. The molecule has 2 amide bonds. The number of carbonyl (C=O) groups excluding carboxylic acids is 2. The summed E-state index contributed by atoms with van der Waals surface area (Å²) < 4.78 is 11.7. The van der Waals surface area contributed by atoms with Gasteiger partial charge in [0.1, 0.15) is 17.9 Å². The Bertz CT molecular complexity index is 1320. The standard InChI is InChI=1S/C25H22N2O4/c1-15-19-9-6-16-4-2-3-5-20(16)24(19)31-23(15)25(29)26-12-13-30-18-8-10-21-17(14-18)7-11-22(28)27-21/h2-6,8-10,14H,7,11-13H2,1H3,(H,26,29)(H,27,28). The number of amides is 2. The fraction of sp³-hybridized carbons (Fsp3) is 0.200. The van der Waals surface area contributed by atoms with Gasteiger partial charge in [-0.2, -0.15) is 0 Å². The van der Waals surface area contributed by atoms with Gasteiger partial charge in [0.25, 0.3) is 5.91 Å². The summed E-state index contributed by atoms with van der Waals surface area (Å²) in [5.41, 5.74) is 3.46. The van der Waals surface area contributed by atoms with Crippen LogP contribution in [0.15, 0.2) is 59.0 Å². The van der Waals surface area contributed by atoms with Crippen LogP contribution in [0.4, 0.5) is 5.69 Å². The molecule has 0 radical (unpaired) electrons. The number of anilines is 1. The number of nitrogens with one attached hydrogen (secondary N) is 2. The first-order chi connectivity index (χ1) is 15.1. The number of benzene rings is 3. The summed E-state index contributed by atoms with van der Waals surface area (Å²) in [5.74, 6) is 0.832. The highest BCUT2D eigenvalue weighted by Gasteiger charge is 2.19. The summed E-state index contributed by atoms with van der Waals surface area (Å²) in [7, 11) is 0. The number of aryl methyl sites for hydroxylation is 2. The second kappa shape index (κ2) is 7.80. The van der Waals surface area contributed by atoms with Crippen molar-refractivity contribution in [2.75, 3.05) is 18.5 Å². The van der Waals surface area contributed by atoms with Gasteiger partial charge in [0.05, 0.1) is 6.54 Å². The molecule has 5 rings (SSSR count). The van der Waals surface area contributed by atoms with Gasteiger partial charge < -0.3 is 19.8 Å². The molecule has 156 valence electrons. The summed E-state index contributed by atoms with van der Waals surface area (Å²) in [6.45, 7) is 2.58. The SMILES string of the molecule is Cc1c(C(=O)NCCOc2ccc3c(c2)CCC(=O)N3)oc2c1ccc1ccccc12. The van der Waals surface area contributed by atoms with Gasteiger partial charge in [-0.15, -0.1) is 0 Å². The minimum Gasteiger partial charge on any atom is -0.492 e. The van der Waals surface area contributed by atoms with E-state index in [4.69, 9.17) is 9.15 Å². The number of fused-ring (bicyclic) bond motifs is 4. The smallest absolute Gasteiger partial charge is 0.287 e. The van der Waals surface area contributed by atoms with Crippen molar-refractivity contribution in [1.82, 2.24) is 5.32 Å². The van der Waals surface area contributed by atoms with E-state index in [-0.39, 0.29) is 11.8 Å². The molecule has 0 fully saturated rings. The second-order valence-electron chi connectivity index (χ2n) is 7.69. The zero-order valence-corrected chi connectivity index (χ0v) is 17.2. The van der Waals surface area contributed by atoms with Crippen LogP contribution in [0.2, 0.25) is 0 Å². The maximum absolute atomic E-state index is 12.7. The van der Waals surface area contributed by atoms with Crippen LogP contribution >= 0.6 is 0 Å². The molecular formula is C25H22N2O4. The Kier molecular flexibility index (Phi) is 4.82. The molecule has 1 aliphatic rings. The van der Waals surface area contributed by atoms with E-state index in [1.807, 2.05) is 61.5 Å². The second-order valence-corrected chi connectivity index (χ2v) is 7.69. The van der Waals surface area contributed by atoms with E-state index >= 15 is 0 Å². The fourth-order valence-corrected chi connectivity index (χ4v) is 4.03. The molecule has 4 aromatic rings. The minimum atomic E-state index is -0.255. The lowest BCUT2D eigenvalue weighted by atomic mass is 10.0. The summed E-state index contributed by atoms with van der Waals surface area (Å²) >= 11 is 0. The normalized spacial score (nSPS) is 13.1. The zero-order chi connectivity index (χ0) is 21.4. The van der Waals surface area contributed by atoms with Crippen molar-refractivity contribution in [2.24, 2.45) is 0 Å². The highest BCUT2D eigenvalue weighted by molar-refractivity contribution is 6.08. The van der Waals surface area contributed by atoms with Crippen LogP contribution in [0.5, 0.6) is 5.75 Å². The first-order valence-electron chi connectivity index (χ1n) is 10.3. The number of furan rings is 1. The predicted octanol–water partition coefficient (Wildman–Crippen LogP) is 4.59. The molecule has 2 N–H and O–H groups in total. The Labute approximate surface area is 179 Å². The van der Waals surface area contributed by atoms with Gasteiger partial charge in [-0.05, 0) is 42.5 Å². The molecule has 0 saturated heterocycles. The quantitative estimate of drug-likeness (QED) is 0.468. The molecular weight excluding hydrogens is 392 g/mol. The van der Waals surface area contributed by atoms with Crippen molar-refractivity contribution in [3.8, 4) is 5.75 Å². The lowest BCUT2D eigenvalue weighted by Crippen LogP contribution is -2.28. The molecule has 31 heavy (non-hydrogen) atoms. The minimum absolute atomic E-state index is 0.0396. The summed E-state index contributed by atoms with van der Waals surface area (Å²) in [6.07, 6.45) is 1.19. The van der Waals surface area contributed by atoms with Gasteiger partial charge in [-0.1, -0.05) is 36.4 Å². The number of ether oxygens (including phenoxy) is 1. The van der Waals surface area contributed by atoms with Crippen LogP contribution in [0.1, 0.15) is 28.1 Å². The Balaban J connectivity index is 1.24. The third-order valence-electron chi connectivity index (χ3n) is 5.66. The van der Waals surface area contributed by atoms with Gasteiger partial charge >= 0.3 is 0 Å². The Morgan fingerprint density at radius 2 is 1.97 bits per heavy atom. The summed E-state index contributed by atoms with van der Waals surface area (Å²) in [4.78, 5) is 24.2. The summed E-state index contributed by atoms with van der Waals surface area (Å²) in [5, 5.41) is 8.74. The van der Waals surface area contributed by atoms with E-state index in [9.17, 15) is 9.59 Å². The number of rotatable bonds is 5. The molecule has 0 bridgehead atoms. The topological polar surface area (TPSA) is 80.6 Å². The monoisotopic (exact) mass is 414 g/mol. The summed E-state index contributed by atoms with van der Waals surface area (Å²) in [6, 6.07) is 17.6. The van der Waals surface area contributed by atoms with E-state index in [1.165, 1.54) is 0 Å². The number of carbonyl (C=O) groups is 2. The van der Waals surface area contributed by atoms with E-state index in [1.54, 1.807) is 0 Å². The molecule has 0 unspecified atom stereocenters. The van der Waals surface area contributed by atoms with Crippen LogP contribution < -0.4 is 15.4 Å². The number of hydrogen-bond acceptors (Lipinski definition) is 4. The highest BCUT2D eigenvalue weighted by atomic mass is 16.5. The number of hydrogen-bond donors (Lipinski definition) is 2.